The van der Waals surface area contributed by atoms with E-state index in [0.29, 0.717) is 17.3 Å². The monoisotopic (exact) mass is 339 g/mol. The van der Waals surface area contributed by atoms with Crippen LogP contribution in [0.15, 0.2) is 54.6 Å². The van der Waals surface area contributed by atoms with Crippen molar-refractivity contribution < 1.29 is 9.53 Å². The number of aromatic nitrogens is 2. The quantitative estimate of drug-likeness (QED) is 0.747. The predicted octanol–water partition coefficient (Wildman–Crippen LogP) is 3.45. The summed E-state index contributed by atoms with van der Waals surface area (Å²) in [6.45, 7) is 1.92. The van der Waals surface area contributed by atoms with Crippen molar-refractivity contribution in [2.75, 3.05) is 11.9 Å². The summed E-state index contributed by atoms with van der Waals surface area (Å²) in [5.74, 6) is 0.422. The van der Waals surface area contributed by atoms with Crippen molar-refractivity contribution in [1.82, 2.24) is 10.2 Å². The average Bonchev–Trinajstić information content (AvgIpc) is 3.01. The molecule has 1 aromatic heterocycles. The summed E-state index contributed by atoms with van der Waals surface area (Å²) in [6, 6.07) is 17.6. The SMILES string of the molecule is Cc1cccc(OCC(=O)Nc2nnc(Cc3ccccc3)s2)c1. The zero-order chi connectivity index (χ0) is 16.8. The van der Waals surface area contributed by atoms with Crippen LogP contribution < -0.4 is 10.1 Å². The van der Waals surface area contributed by atoms with E-state index in [9.17, 15) is 4.79 Å². The van der Waals surface area contributed by atoms with E-state index in [-0.39, 0.29) is 12.5 Å². The molecule has 0 aliphatic heterocycles. The number of carbonyl (C=O) groups excluding carboxylic acids is 1. The summed E-state index contributed by atoms with van der Waals surface area (Å²) in [5.41, 5.74) is 2.25. The highest BCUT2D eigenvalue weighted by atomic mass is 32.1. The lowest BCUT2D eigenvalue weighted by molar-refractivity contribution is -0.118. The Morgan fingerprint density at radius 2 is 1.96 bits per heavy atom. The first-order chi connectivity index (χ1) is 11.7. The molecule has 0 aliphatic carbocycles. The molecule has 5 nitrogen and oxygen atoms in total. The van der Waals surface area contributed by atoms with Crippen LogP contribution in [0.1, 0.15) is 16.1 Å². The van der Waals surface area contributed by atoms with Crippen LogP contribution in [0.4, 0.5) is 5.13 Å². The topological polar surface area (TPSA) is 64.1 Å². The van der Waals surface area contributed by atoms with Gasteiger partial charge in [0.25, 0.3) is 5.91 Å². The first kappa shape index (κ1) is 16.1. The Morgan fingerprint density at radius 1 is 1.12 bits per heavy atom. The molecule has 1 N–H and O–H groups in total. The van der Waals surface area contributed by atoms with Crippen molar-refractivity contribution in [2.24, 2.45) is 0 Å². The van der Waals surface area contributed by atoms with E-state index in [1.807, 2.05) is 61.5 Å². The molecule has 3 aromatic rings. The molecular formula is C18H17N3O2S. The van der Waals surface area contributed by atoms with Crippen molar-refractivity contribution in [2.45, 2.75) is 13.3 Å². The summed E-state index contributed by atoms with van der Waals surface area (Å²) in [6.07, 6.45) is 0.703. The Hall–Kier alpha value is -2.73. The summed E-state index contributed by atoms with van der Waals surface area (Å²) in [7, 11) is 0. The molecule has 24 heavy (non-hydrogen) atoms. The zero-order valence-corrected chi connectivity index (χ0v) is 14.0. The van der Waals surface area contributed by atoms with Crippen molar-refractivity contribution in [1.29, 1.82) is 0 Å². The van der Waals surface area contributed by atoms with E-state index in [0.717, 1.165) is 16.1 Å². The number of rotatable bonds is 6. The average molecular weight is 339 g/mol. The van der Waals surface area contributed by atoms with Gasteiger partial charge in [-0.15, -0.1) is 10.2 Å². The molecule has 3 rings (SSSR count). The number of nitrogens with one attached hydrogen (secondary N) is 1. The van der Waals surface area contributed by atoms with Gasteiger partial charge in [0.2, 0.25) is 5.13 Å². The van der Waals surface area contributed by atoms with Crippen LogP contribution in [0.2, 0.25) is 0 Å². The van der Waals surface area contributed by atoms with E-state index >= 15 is 0 Å². The van der Waals surface area contributed by atoms with E-state index in [1.165, 1.54) is 11.3 Å². The van der Waals surface area contributed by atoms with E-state index in [1.54, 1.807) is 0 Å². The van der Waals surface area contributed by atoms with Crippen molar-refractivity contribution in [3.8, 4) is 5.75 Å². The maximum absolute atomic E-state index is 11.9. The van der Waals surface area contributed by atoms with Crippen molar-refractivity contribution in [3.05, 3.63) is 70.7 Å². The maximum atomic E-state index is 11.9. The number of aryl methyl sites for hydroxylation is 1. The minimum Gasteiger partial charge on any atom is -0.484 e. The molecule has 0 saturated carbocycles. The number of hydrogen-bond acceptors (Lipinski definition) is 5. The van der Waals surface area contributed by atoms with Gasteiger partial charge in [-0.05, 0) is 30.2 Å². The summed E-state index contributed by atoms with van der Waals surface area (Å²) in [4.78, 5) is 11.9. The Kier molecular flexibility index (Phi) is 5.18. The molecule has 1 heterocycles. The predicted molar refractivity (Wildman–Crippen MR) is 94.5 cm³/mol. The molecular weight excluding hydrogens is 322 g/mol. The molecule has 0 aliphatic rings. The normalized spacial score (nSPS) is 10.4. The van der Waals surface area contributed by atoms with Crippen molar-refractivity contribution >= 4 is 22.4 Å². The van der Waals surface area contributed by atoms with Gasteiger partial charge in [-0.2, -0.15) is 0 Å². The molecule has 0 fully saturated rings. The van der Waals surface area contributed by atoms with Gasteiger partial charge >= 0.3 is 0 Å². The van der Waals surface area contributed by atoms with Crippen molar-refractivity contribution in [3.63, 3.8) is 0 Å². The summed E-state index contributed by atoms with van der Waals surface area (Å²) in [5, 5.41) is 12.2. The first-order valence-corrected chi connectivity index (χ1v) is 8.36. The molecule has 0 radical (unpaired) electrons. The number of carbonyl (C=O) groups is 1. The smallest absolute Gasteiger partial charge is 0.264 e. The molecule has 0 atom stereocenters. The second-order valence-electron chi connectivity index (χ2n) is 5.32. The molecule has 122 valence electrons. The lowest BCUT2D eigenvalue weighted by Crippen LogP contribution is -2.20. The van der Waals surface area contributed by atoms with E-state index in [2.05, 4.69) is 15.5 Å². The van der Waals surface area contributed by atoms with Crippen LogP contribution in [-0.4, -0.2) is 22.7 Å². The number of hydrogen-bond donors (Lipinski definition) is 1. The number of ether oxygens (including phenoxy) is 1. The number of anilines is 1. The Labute approximate surface area is 144 Å². The molecule has 6 heteroatoms. The van der Waals surface area contributed by atoms with Crippen LogP contribution in [0.3, 0.4) is 0 Å². The minimum atomic E-state index is -0.251. The Balaban J connectivity index is 1.51. The molecule has 0 unspecified atom stereocenters. The first-order valence-electron chi connectivity index (χ1n) is 7.55. The van der Waals surface area contributed by atoms with Crippen LogP contribution in [-0.2, 0) is 11.2 Å². The fourth-order valence-corrected chi connectivity index (χ4v) is 2.95. The van der Waals surface area contributed by atoms with Gasteiger partial charge < -0.3 is 4.74 Å². The lowest BCUT2D eigenvalue weighted by atomic mass is 10.2. The molecule has 0 bridgehead atoms. The molecule has 0 saturated heterocycles. The fraction of sp³-hybridized carbons (Fsp3) is 0.167. The third-order valence-corrected chi connectivity index (χ3v) is 4.11. The standard InChI is InChI=1S/C18H17N3O2S/c1-13-6-5-9-15(10-13)23-12-16(22)19-18-21-20-17(24-18)11-14-7-3-2-4-8-14/h2-10H,11-12H2,1H3,(H,19,21,22). The molecule has 1 amide bonds. The van der Waals surface area contributed by atoms with Gasteiger partial charge in [0.15, 0.2) is 6.61 Å². The number of amides is 1. The maximum Gasteiger partial charge on any atom is 0.264 e. The van der Waals surface area contributed by atoms with Gasteiger partial charge in [0.05, 0.1) is 0 Å². The zero-order valence-electron chi connectivity index (χ0n) is 13.2. The largest absolute Gasteiger partial charge is 0.484 e. The van der Waals surface area contributed by atoms with Gasteiger partial charge in [-0.1, -0.05) is 53.8 Å². The highest BCUT2D eigenvalue weighted by Gasteiger charge is 2.09. The van der Waals surface area contributed by atoms with Gasteiger partial charge in [-0.25, -0.2) is 0 Å². The van der Waals surface area contributed by atoms with Gasteiger partial charge in [0, 0.05) is 6.42 Å². The number of nitrogens with zero attached hydrogens (tertiary/aromatic N) is 2. The number of benzene rings is 2. The van der Waals surface area contributed by atoms with E-state index < -0.39 is 0 Å². The second kappa shape index (κ2) is 7.70. The van der Waals surface area contributed by atoms with Gasteiger partial charge in [-0.3, -0.25) is 10.1 Å². The highest BCUT2D eigenvalue weighted by molar-refractivity contribution is 7.15. The van der Waals surface area contributed by atoms with Crippen LogP contribution in [0.25, 0.3) is 0 Å². The molecule has 2 aromatic carbocycles. The summed E-state index contributed by atoms with van der Waals surface area (Å²) >= 11 is 1.37. The third-order valence-electron chi connectivity index (χ3n) is 3.27. The fourth-order valence-electron chi connectivity index (χ4n) is 2.16. The Bertz CT molecular complexity index is 818. The molecule has 0 spiro atoms. The minimum absolute atomic E-state index is 0.0585. The second-order valence-corrected chi connectivity index (χ2v) is 6.38. The summed E-state index contributed by atoms with van der Waals surface area (Å²) < 4.78 is 5.47. The third kappa shape index (κ3) is 4.63. The lowest BCUT2D eigenvalue weighted by Gasteiger charge is -2.06. The van der Waals surface area contributed by atoms with E-state index in [4.69, 9.17) is 4.74 Å². The Morgan fingerprint density at radius 3 is 2.75 bits per heavy atom. The van der Waals surface area contributed by atoms with Crippen LogP contribution >= 0.6 is 11.3 Å². The van der Waals surface area contributed by atoms with Crippen LogP contribution in [0.5, 0.6) is 5.75 Å². The van der Waals surface area contributed by atoms with Crippen LogP contribution in [0, 0.1) is 6.92 Å². The highest BCUT2D eigenvalue weighted by Crippen LogP contribution is 2.18. The van der Waals surface area contributed by atoms with Gasteiger partial charge in [0.1, 0.15) is 10.8 Å².